The molecule has 26 heavy (non-hydrogen) atoms. The van der Waals surface area contributed by atoms with Crippen molar-refractivity contribution >= 4 is 55.8 Å². The summed E-state index contributed by atoms with van der Waals surface area (Å²) in [5, 5.41) is 4.37. The number of thiazole rings is 1. The van der Waals surface area contributed by atoms with Crippen molar-refractivity contribution in [3.05, 3.63) is 46.4 Å². The van der Waals surface area contributed by atoms with E-state index in [1.54, 1.807) is 25.3 Å². The average Bonchev–Trinajstić information content (AvgIpc) is 3.02. The summed E-state index contributed by atoms with van der Waals surface area (Å²) in [5.41, 5.74) is 0.746. The number of fused-ring (bicyclic) bond motifs is 1. The Balaban J connectivity index is 1.50. The summed E-state index contributed by atoms with van der Waals surface area (Å²) in [7, 11) is 1.60. The van der Waals surface area contributed by atoms with Gasteiger partial charge in [-0.15, -0.1) is 0 Å². The molecular weight excluding hydrogens is 395 g/mol. The van der Waals surface area contributed by atoms with Crippen LogP contribution in [0.25, 0.3) is 10.2 Å². The molecule has 3 rings (SSSR count). The number of anilines is 1. The Morgan fingerprint density at radius 3 is 2.85 bits per heavy atom. The first-order valence-corrected chi connectivity index (χ1v) is 9.45. The number of hydrogen-bond donors (Lipinski definition) is 1. The zero-order chi connectivity index (χ0) is 18.5. The first kappa shape index (κ1) is 18.8. The quantitative estimate of drug-likeness (QED) is 0.528. The van der Waals surface area contributed by atoms with E-state index in [4.69, 9.17) is 32.7 Å². The number of para-hydroxylation sites is 1. The molecule has 0 aliphatic heterocycles. The van der Waals surface area contributed by atoms with Gasteiger partial charge >= 0.3 is 0 Å². The van der Waals surface area contributed by atoms with Gasteiger partial charge in [0, 0.05) is 11.4 Å². The molecule has 0 spiro atoms. The minimum Gasteiger partial charge on any atom is -0.494 e. The van der Waals surface area contributed by atoms with Crippen LogP contribution in [0.3, 0.4) is 0 Å². The first-order chi connectivity index (χ1) is 12.6. The topological polar surface area (TPSA) is 60.5 Å². The van der Waals surface area contributed by atoms with Gasteiger partial charge in [0.25, 0.3) is 0 Å². The SMILES string of the molecule is COc1cccc2sc(NC(=O)CCCOc3ccc(Cl)cc3Cl)nc12. The second-order valence-electron chi connectivity index (χ2n) is 5.40. The van der Waals surface area contributed by atoms with Crippen LogP contribution in [0, 0.1) is 0 Å². The van der Waals surface area contributed by atoms with Crippen molar-refractivity contribution in [2.24, 2.45) is 0 Å². The van der Waals surface area contributed by atoms with Gasteiger partial charge in [-0.1, -0.05) is 40.6 Å². The molecule has 0 fully saturated rings. The van der Waals surface area contributed by atoms with E-state index in [0.717, 1.165) is 10.2 Å². The smallest absolute Gasteiger partial charge is 0.226 e. The maximum Gasteiger partial charge on any atom is 0.226 e. The standard InChI is InChI=1S/C18H16Cl2N2O3S/c1-24-14-4-2-5-15-17(14)22-18(26-15)21-16(23)6-3-9-25-13-8-7-11(19)10-12(13)20/h2,4-5,7-8,10H,3,6,9H2,1H3,(H,21,22,23). The van der Waals surface area contributed by atoms with Gasteiger partial charge in [0.05, 0.1) is 23.4 Å². The first-order valence-electron chi connectivity index (χ1n) is 7.88. The van der Waals surface area contributed by atoms with Crippen LogP contribution in [0.2, 0.25) is 10.0 Å². The van der Waals surface area contributed by atoms with Crippen molar-refractivity contribution in [2.75, 3.05) is 19.0 Å². The highest BCUT2D eigenvalue weighted by Gasteiger charge is 2.11. The lowest BCUT2D eigenvalue weighted by Gasteiger charge is -2.08. The Bertz CT molecular complexity index is 930. The number of amides is 1. The van der Waals surface area contributed by atoms with Gasteiger partial charge in [-0.05, 0) is 36.8 Å². The van der Waals surface area contributed by atoms with Crippen molar-refractivity contribution in [3.63, 3.8) is 0 Å². The number of ether oxygens (including phenoxy) is 2. The summed E-state index contributed by atoms with van der Waals surface area (Å²) >= 11 is 13.3. The molecule has 1 heterocycles. The number of rotatable bonds is 7. The maximum atomic E-state index is 12.1. The summed E-state index contributed by atoms with van der Waals surface area (Å²) in [5.74, 6) is 1.12. The highest BCUT2D eigenvalue weighted by atomic mass is 35.5. The van der Waals surface area contributed by atoms with Gasteiger partial charge in [0.2, 0.25) is 5.91 Å². The molecule has 0 unspecified atom stereocenters. The van der Waals surface area contributed by atoms with E-state index in [1.807, 2.05) is 18.2 Å². The third-order valence-corrected chi connectivity index (χ3v) is 5.01. The van der Waals surface area contributed by atoms with Crippen molar-refractivity contribution in [3.8, 4) is 11.5 Å². The van der Waals surface area contributed by atoms with Crippen molar-refractivity contribution in [1.29, 1.82) is 0 Å². The Labute approximate surface area is 164 Å². The van der Waals surface area contributed by atoms with Gasteiger partial charge in [0.1, 0.15) is 17.0 Å². The molecule has 0 atom stereocenters. The highest BCUT2D eigenvalue weighted by molar-refractivity contribution is 7.22. The van der Waals surface area contributed by atoms with E-state index in [0.29, 0.717) is 46.1 Å². The van der Waals surface area contributed by atoms with E-state index in [9.17, 15) is 4.79 Å². The van der Waals surface area contributed by atoms with Gasteiger partial charge in [0.15, 0.2) is 5.13 Å². The predicted molar refractivity (Wildman–Crippen MR) is 106 cm³/mol. The number of methoxy groups -OCH3 is 1. The molecule has 5 nitrogen and oxygen atoms in total. The van der Waals surface area contributed by atoms with E-state index in [1.165, 1.54) is 11.3 Å². The normalized spacial score (nSPS) is 10.7. The number of benzene rings is 2. The summed E-state index contributed by atoms with van der Waals surface area (Å²) in [6.45, 7) is 0.377. The molecule has 3 aromatic rings. The van der Waals surface area contributed by atoms with E-state index in [-0.39, 0.29) is 5.91 Å². The summed E-state index contributed by atoms with van der Waals surface area (Å²) in [6.07, 6.45) is 0.872. The van der Waals surface area contributed by atoms with Gasteiger partial charge in [-0.2, -0.15) is 0 Å². The molecule has 0 aliphatic rings. The predicted octanol–water partition coefficient (Wildman–Crippen LogP) is 5.41. The fourth-order valence-corrected chi connectivity index (χ4v) is 3.69. The average molecular weight is 411 g/mol. The zero-order valence-electron chi connectivity index (χ0n) is 13.9. The Morgan fingerprint density at radius 1 is 1.23 bits per heavy atom. The minimum atomic E-state index is -0.117. The second-order valence-corrected chi connectivity index (χ2v) is 7.28. The Hall–Kier alpha value is -2.02. The third kappa shape index (κ3) is 4.58. The number of hydrogen-bond acceptors (Lipinski definition) is 5. The molecule has 1 aromatic heterocycles. The van der Waals surface area contributed by atoms with Crippen LogP contribution >= 0.6 is 34.5 Å². The second kappa shape index (κ2) is 8.58. The van der Waals surface area contributed by atoms with Crippen molar-refractivity contribution in [2.45, 2.75) is 12.8 Å². The monoisotopic (exact) mass is 410 g/mol. The molecule has 136 valence electrons. The molecule has 8 heteroatoms. The summed E-state index contributed by atoms with van der Waals surface area (Å²) < 4.78 is 11.8. The number of halogens is 2. The molecule has 0 saturated heterocycles. The molecule has 0 saturated carbocycles. The molecular formula is C18H16Cl2N2O3S. The van der Waals surface area contributed by atoms with Crippen molar-refractivity contribution in [1.82, 2.24) is 4.98 Å². The molecule has 0 aliphatic carbocycles. The molecule has 2 aromatic carbocycles. The lowest BCUT2D eigenvalue weighted by Crippen LogP contribution is -2.12. The van der Waals surface area contributed by atoms with Crippen LogP contribution in [-0.2, 0) is 4.79 Å². The lowest BCUT2D eigenvalue weighted by molar-refractivity contribution is -0.116. The van der Waals surface area contributed by atoms with E-state index >= 15 is 0 Å². The fraction of sp³-hybridized carbons (Fsp3) is 0.222. The summed E-state index contributed by atoms with van der Waals surface area (Å²) in [6, 6.07) is 10.7. The van der Waals surface area contributed by atoms with Crippen LogP contribution in [-0.4, -0.2) is 24.6 Å². The van der Waals surface area contributed by atoms with Crippen LogP contribution in [0.15, 0.2) is 36.4 Å². The maximum absolute atomic E-state index is 12.1. The summed E-state index contributed by atoms with van der Waals surface area (Å²) in [4.78, 5) is 16.5. The number of nitrogens with one attached hydrogen (secondary N) is 1. The molecule has 1 N–H and O–H groups in total. The van der Waals surface area contributed by atoms with Crippen LogP contribution < -0.4 is 14.8 Å². The van der Waals surface area contributed by atoms with Crippen LogP contribution in [0.4, 0.5) is 5.13 Å². The van der Waals surface area contributed by atoms with E-state index < -0.39 is 0 Å². The zero-order valence-corrected chi connectivity index (χ0v) is 16.2. The minimum absolute atomic E-state index is 0.117. The molecule has 1 amide bonds. The largest absolute Gasteiger partial charge is 0.494 e. The van der Waals surface area contributed by atoms with Gasteiger partial charge in [-0.3, -0.25) is 4.79 Å². The Kier molecular flexibility index (Phi) is 6.19. The van der Waals surface area contributed by atoms with Crippen LogP contribution in [0.5, 0.6) is 11.5 Å². The number of aromatic nitrogens is 1. The number of carbonyl (C=O) groups excluding carboxylic acids is 1. The van der Waals surface area contributed by atoms with Gasteiger partial charge in [-0.25, -0.2) is 4.98 Å². The van der Waals surface area contributed by atoms with Crippen molar-refractivity contribution < 1.29 is 14.3 Å². The molecule has 0 radical (unpaired) electrons. The Morgan fingerprint density at radius 2 is 2.08 bits per heavy atom. The number of carbonyl (C=O) groups is 1. The number of nitrogens with zero attached hydrogens (tertiary/aromatic N) is 1. The van der Waals surface area contributed by atoms with Crippen LogP contribution in [0.1, 0.15) is 12.8 Å². The highest BCUT2D eigenvalue weighted by Crippen LogP contribution is 2.32. The fourth-order valence-electron chi connectivity index (χ4n) is 2.33. The lowest BCUT2D eigenvalue weighted by atomic mass is 10.3. The van der Waals surface area contributed by atoms with Gasteiger partial charge < -0.3 is 14.8 Å². The third-order valence-electron chi connectivity index (χ3n) is 3.55. The molecule has 0 bridgehead atoms. The van der Waals surface area contributed by atoms with E-state index in [2.05, 4.69) is 10.3 Å².